The molecule has 0 bridgehead atoms. The number of ketones is 1. The van der Waals surface area contributed by atoms with Gasteiger partial charge in [0.1, 0.15) is 11.5 Å². The molecule has 0 fully saturated rings. The number of carbonyl (C=O) groups is 2. The molecule has 0 unspecified atom stereocenters. The van der Waals surface area contributed by atoms with E-state index in [1.165, 1.54) is 6.92 Å². The van der Waals surface area contributed by atoms with E-state index < -0.39 is 5.97 Å². The average molecular weight is 442 g/mol. The smallest absolute Gasteiger partial charge is 0.349 e. The zero-order chi connectivity index (χ0) is 17.0. The van der Waals surface area contributed by atoms with Gasteiger partial charge in [0.05, 0.1) is 4.47 Å². The Balaban J connectivity index is 1.96. The summed E-state index contributed by atoms with van der Waals surface area (Å²) in [5.41, 5.74) is 1.46. The molecular weight excluding hydrogens is 428 g/mol. The van der Waals surface area contributed by atoms with Crippen LogP contribution in [-0.4, -0.2) is 18.4 Å². The Bertz CT molecular complexity index is 716. The predicted molar refractivity (Wildman–Crippen MR) is 94.2 cm³/mol. The van der Waals surface area contributed by atoms with Gasteiger partial charge in [0.25, 0.3) is 0 Å². The highest BCUT2D eigenvalue weighted by molar-refractivity contribution is 9.11. The third-order valence-corrected chi connectivity index (χ3v) is 4.07. The number of aryl methyl sites for hydroxylation is 1. The van der Waals surface area contributed by atoms with Crippen molar-refractivity contribution >= 4 is 43.6 Å². The number of rotatable bonds is 5. The number of hydrogen-bond donors (Lipinski definition) is 0. The van der Waals surface area contributed by atoms with Crippen molar-refractivity contribution in [1.29, 1.82) is 0 Å². The second-order valence-electron chi connectivity index (χ2n) is 4.88. The molecule has 0 saturated heterocycles. The summed E-state index contributed by atoms with van der Waals surface area (Å²) in [7, 11) is 0. The molecule has 0 heterocycles. The van der Waals surface area contributed by atoms with Crippen LogP contribution in [0.25, 0.3) is 0 Å². The molecule has 0 atom stereocenters. The molecule has 2 rings (SSSR count). The number of ether oxygens (including phenoxy) is 2. The number of Topliss-reactive ketones (excluding diaryl/α,β-unsaturated/α-hetero) is 1. The van der Waals surface area contributed by atoms with Crippen molar-refractivity contribution < 1.29 is 19.1 Å². The Kier molecular flexibility index (Phi) is 5.96. The zero-order valence-electron chi connectivity index (χ0n) is 12.6. The molecule has 0 radical (unpaired) electrons. The molecule has 0 aliphatic heterocycles. The fourth-order valence-corrected chi connectivity index (χ4v) is 3.47. The highest BCUT2D eigenvalue weighted by atomic mass is 79.9. The van der Waals surface area contributed by atoms with Gasteiger partial charge in [-0.15, -0.1) is 0 Å². The number of benzene rings is 2. The fraction of sp³-hybridized carbons (Fsp3) is 0.176. The van der Waals surface area contributed by atoms with Crippen molar-refractivity contribution in [2.24, 2.45) is 0 Å². The molecule has 0 spiro atoms. The number of esters is 1. The standard InChI is InChI=1S/C17H14Br2O4/c1-10-7-13(18)8-15(19)17(10)22-9-16(21)23-14-5-3-12(4-6-14)11(2)20/h3-8H,9H2,1-2H3. The summed E-state index contributed by atoms with van der Waals surface area (Å²) < 4.78 is 12.4. The summed E-state index contributed by atoms with van der Waals surface area (Å²) in [4.78, 5) is 23.0. The maximum absolute atomic E-state index is 11.9. The lowest BCUT2D eigenvalue weighted by Gasteiger charge is -2.11. The number of halogens is 2. The lowest BCUT2D eigenvalue weighted by atomic mass is 10.1. The monoisotopic (exact) mass is 440 g/mol. The maximum atomic E-state index is 11.9. The van der Waals surface area contributed by atoms with Crippen LogP contribution in [0, 0.1) is 6.92 Å². The zero-order valence-corrected chi connectivity index (χ0v) is 15.7. The third kappa shape index (κ3) is 4.91. The van der Waals surface area contributed by atoms with Gasteiger partial charge in [-0.25, -0.2) is 4.79 Å². The van der Waals surface area contributed by atoms with Gasteiger partial charge in [0.2, 0.25) is 0 Å². The Morgan fingerprint density at radius 2 is 1.74 bits per heavy atom. The van der Waals surface area contributed by atoms with E-state index in [4.69, 9.17) is 9.47 Å². The molecule has 23 heavy (non-hydrogen) atoms. The highest BCUT2D eigenvalue weighted by Gasteiger charge is 2.11. The van der Waals surface area contributed by atoms with Crippen LogP contribution in [0.4, 0.5) is 0 Å². The molecule has 0 N–H and O–H groups in total. The van der Waals surface area contributed by atoms with Gasteiger partial charge in [-0.2, -0.15) is 0 Å². The van der Waals surface area contributed by atoms with Crippen LogP contribution >= 0.6 is 31.9 Å². The largest absolute Gasteiger partial charge is 0.480 e. The van der Waals surface area contributed by atoms with E-state index in [0.29, 0.717) is 17.1 Å². The second-order valence-corrected chi connectivity index (χ2v) is 6.65. The number of carbonyl (C=O) groups excluding carboxylic acids is 2. The van der Waals surface area contributed by atoms with Gasteiger partial charge < -0.3 is 9.47 Å². The quantitative estimate of drug-likeness (QED) is 0.383. The fourth-order valence-electron chi connectivity index (χ4n) is 1.92. The molecule has 2 aromatic carbocycles. The van der Waals surface area contributed by atoms with Gasteiger partial charge in [0.15, 0.2) is 12.4 Å². The van der Waals surface area contributed by atoms with Crippen LogP contribution in [0.3, 0.4) is 0 Å². The van der Waals surface area contributed by atoms with Crippen molar-refractivity contribution in [2.75, 3.05) is 6.61 Å². The highest BCUT2D eigenvalue weighted by Crippen LogP contribution is 2.32. The SMILES string of the molecule is CC(=O)c1ccc(OC(=O)COc2c(C)cc(Br)cc2Br)cc1. The van der Waals surface area contributed by atoms with Gasteiger partial charge in [0, 0.05) is 10.0 Å². The molecule has 6 heteroatoms. The molecular formula is C17H14Br2O4. The lowest BCUT2D eigenvalue weighted by molar-refractivity contribution is -0.136. The lowest BCUT2D eigenvalue weighted by Crippen LogP contribution is -2.18. The van der Waals surface area contributed by atoms with E-state index in [1.54, 1.807) is 24.3 Å². The van der Waals surface area contributed by atoms with Crippen LogP contribution in [0.5, 0.6) is 11.5 Å². The van der Waals surface area contributed by atoms with Crippen LogP contribution in [0.1, 0.15) is 22.8 Å². The normalized spacial score (nSPS) is 10.3. The number of hydrogen-bond acceptors (Lipinski definition) is 4. The molecule has 0 saturated carbocycles. The van der Waals surface area contributed by atoms with E-state index in [1.807, 2.05) is 19.1 Å². The second kappa shape index (κ2) is 7.75. The molecule has 0 aliphatic rings. The van der Waals surface area contributed by atoms with Crippen molar-refractivity contribution in [1.82, 2.24) is 0 Å². The minimum absolute atomic E-state index is 0.0400. The van der Waals surface area contributed by atoms with E-state index in [2.05, 4.69) is 31.9 Å². The summed E-state index contributed by atoms with van der Waals surface area (Å²) in [5.74, 6) is 0.406. The molecule has 120 valence electrons. The minimum atomic E-state index is -0.519. The molecule has 0 amide bonds. The van der Waals surface area contributed by atoms with Gasteiger partial charge >= 0.3 is 5.97 Å². The van der Waals surface area contributed by atoms with Crippen LogP contribution in [0.15, 0.2) is 45.3 Å². The average Bonchev–Trinajstić information content (AvgIpc) is 2.46. The van der Waals surface area contributed by atoms with Gasteiger partial charge in [-0.05, 0) is 71.7 Å². The van der Waals surface area contributed by atoms with Gasteiger partial charge in [-0.3, -0.25) is 4.79 Å². The molecule has 4 nitrogen and oxygen atoms in total. The van der Waals surface area contributed by atoms with E-state index in [9.17, 15) is 9.59 Å². The molecule has 0 aliphatic carbocycles. The predicted octanol–water partition coefficient (Wildman–Crippen LogP) is 4.71. The first-order valence-corrected chi connectivity index (χ1v) is 8.35. The van der Waals surface area contributed by atoms with Crippen molar-refractivity contribution in [3.8, 4) is 11.5 Å². The summed E-state index contributed by atoms with van der Waals surface area (Å²) in [5, 5.41) is 0. The van der Waals surface area contributed by atoms with Crippen molar-refractivity contribution in [2.45, 2.75) is 13.8 Å². The Morgan fingerprint density at radius 3 is 2.30 bits per heavy atom. The summed E-state index contributed by atoms with van der Waals surface area (Å²) >= 11 is 6.78. The molecule has 2 aromatic rings. The summed E-state index contributed by atoms with van der Waals surface area (Å²) in [6, 6.07) is 10.1. The molecule has 0 aromatic heterocycles. The van der Waals surface area contributed by atoms with E-state index >= 15 is 0 Å². The van der Waals surface area contributed by atoms with Crippen LogP contribution in [0.2, 0.25) is 0 Å². The minimum Gasteiger partial charge on any atom is -0.480 e. The Labute approximate surface area is 151 Å². The van der Waals surface area contributed by atoms with E-state index in [0.717, 1.165) is 14.5 Å². The summed E-state index contributed by atoms with van der Waals surface area (Å²) in [6.07, 6.45) is 0. The topological polar surface area (TPSA) is 52.6 Å². The third-order valence-electron chi connectivity index (χ3n) is 3.02. The van der Waals surface area contributed by atoms with Crippen molar-refractivity contribution in [3.63, 3.8) is 0 Å². The van der Waals surface area contributed by atoms with Crippen LogP contribution in [-0.2, 0) is 4.79 Å². The van der Waals surface area contributed by atoms with Crippen LogP contribution < -0.4 is 9.47 Å². The first kappa shape index (κ1) is 17.7. The Hall–Kier alpha value is -1.66. The first-order chi connectivity index (χ1) is 10.9. The van der Waals surface area contributed by atoms with E-state index in [-0.39, 0.29) is 12.4 Å². The van der Waals surface area contributed by atoms with Crippen molar-refractivity contribution in [3.05, 3.63) is 56.5 Å². The summed E-state index contributed by atoms with van der Waals surface area (Å²) in [6.45, 7) is 3.15. The first-order valence-electron chi connectivity index (χ1n) is 6.77. The van der Waals surface area contributed by atoms with Gasteiger partial charge in [-0.1, -0.05) is 15.9 Å². The Morgan fingerprint density at radius 1 is 1.09 bits per heavy atom. The maximum Gasteiger partial charge on any atom is 0.349 e.